The maximum atomic E-state index is 8.89. The van der Waals surface area contributed by atoms with Gasteiger partial charge in [0, 0.05) is 10.6 Å². The Hall–Kier alpha value is -2.71. The first-order chi connectivity index (χ1) is 10.2. The van der Waals surface area contributed by atoms with Gasteiger partial charge in [-0.15, -0.1) is 10.2 Å². The minimum Gasteiger partial charge on any atom is -0.192 e. The van der Waals surface area contributed by atoms with Crippen LogP contribution in [-0.2, 0) is 6.54 Å². The van der Waals surface area contributed by atoms with Gasteiger partial charge in [-0.3, -0.25) is 0 Å². The first kappa shape index (κ1) is 13.3. The van der Waals surface area contributed by atoms with Gasteiger partial charge in [0.25, 0.3) is 0 Å². The minimum atomic E-state index is 0.461. The van der Waals surface area contributed by atoms with E-state index in [9.17, 15) is 0 Å². The van der Waals surface area contributed by atoms with Crippen LogP contribution in [0.1, 0.15) is 11.1 Å². The zero-order chi connectivity index (χ0) is 14.7. The lowest BCUT2D eigenvalue weighted by atomic mass is 10.1. The van der Waals surface area contributed by atoms with E-state index in [-0.39, 0.29) is 0 Å². The van der Waals surface area contributed by atoms with E-state index < -0.39 is 0 Å². The van der Waals surface area contributed by atoms with Crippen molar-refractivity contribution in [2.24, 2.45) is 0 Å². The highest BCUT2D eigenvalue weighted by Crippen LogP contribution is 2.18. The molecule has 0 spiro atoms. The van der Waals surface area contributed by atoms with Gasteiger partial charge in [0.05, 0.1) is 18.2 Å². The predicted octanol–water partition coefficient (Wildman–Crippen LogP) is 2.91. The van der Waals surface area contributed by atoms with E-state index >= 15 is 0 Å². The molecule has 3 rings (SSSR count). The lowest BCUT2D eigenvalue weighted by Gasteiger charge is -1.99. The highest BCUT2D eigenvalue weighted by Gasteiger charge is 2.07. The van der Waals surface area contributed by atoms with Crippen LogP contribution in [0.3, 0.4) is 0 Å². The number of tetrazole rings is 1. The summed E-state index contributed by atoms with van der Waals surface area (Å²) < 4.78 is 0. The van der Waals surface area contributed by atoms with E-state index in [2.05, 4.69) is 21.5 Å². The summed E-state index contributed by atoms with van der Waals surface area (Å²) in [6.07, 6.45) is 0. The summed E-state index contributed by atoms with van der Waals surface area (Å²) in [6, 6.07) is 16.7. The van der Waals surface area contributed by atoms with Gasteiger partial charge in [-0.2, -0.15) is 10.1 Å². The van der Waals surface area contributed by atoms with E-state index in [1.165, 1.54) is 4.80 Å². The van der Waals surface area contributed by atoms with Crippen LogP contribution in [0.25, 0.3) is 11.4 Å². The summed E-state index contributed by atoms with van der Waals surface area (Å²) in [5.41, 5.74) is 2.38. The maximum absolute atomic E-state index is 8.89. The molecule has 0 saturated carbocycles. The van der Waals surface area contributed by atoms with Gasteiger partial charge in [-0.1, -0.05) is 35.9 Å². The third kappa shape index (κ3) is 3.07. The van der Waals surface area contributed by atoms with Crippen molar-refractivity contribution in [3.8, 4) is 17.5 Å². The highest BCUT2D eigenvalue weighted by molar-refractivity contribution is 6.30. The molecule has 0 amide bonds. The van der Waals surface area contributed by atoms with Gasteiger partial charge in [-0.05, 0) is 35.0 Å². The Morgan fingerprint density at radius 3 is 2.81 bits per heavy atom. The molecule has 1 aromatic heterocycles. The Kier molecular flexibility index (Phi) is 3.63. The van der Waals surface area contributed by atoms with E-state index in [0.717, 1.165) is 11.1 Å². The quantitative estimate of drug-likeness (QED) is 0.745. The number of hydrogen-bond acceptors (Lipinski definition) is 4. The molecule has 5 nitrogen and oxygen atoms in total. The Balaban J connectivity index is 1.84. The summed E-state index contributed by atoms with van der Waals surface area (Å²) in [5, 5.41) is 21.9. The average molecular weight is 296 g/mol. The number of hydrogen-bond donors (Lipinski definition) is 0. The summed E-state index contributed by atoms with van der Waals surface area (Å²) in [5.74, 6) is 0.522. The van der Waals surface area contributed by atoms with Crippen molar-refractivity contribution in [2.75, 3.05) is 0 Å². The predicted molar refractivity (Wildman–Crippen MR) is 78.5 cm³/mol. The van der Waals surface area contributed by atoms with Crippen molar-refractivity contribution in [1.82, 2.24) is 20.2 Å². The third-order valence-corrected chi connectivity index (χ3v) is 3.15. The van der Waals surface area contributed by atoms with E-state index in [1.807, 2.05) is 30.3 Å². The largest absolute Gasteiger partial charge is 0.204 e. The van der Waals surface area contributed by atoms with Gasteiger partial charge in [0.2, 0.25) is 5.82 Å². The number of aromatic nitrogens is 4. The second-order valence-electron chi connectivity index (χ2n) is 4.47. The normalized spacial score (nSPS) is 10.3. The van der Waals surface area contributed by atoms with Crippen LogP contribution in [0.15, 0.2) is 48.5 Å². The minimum absolute atomic E-state index is 0.461. The summed E-state index contributed by atoms with van der Waals surface area (Å²) in [7, 11) is 0. The van der Waals surface area contributed by atoms with Crippen LogP contribution in [0.2, 0.25) is 5.02 Å². The van der Waals surface area contributed by atoms with Gasteiger partial charge < -0.3 is 0 Å². The molecule has 0 atom stereocenters. The summed E-state index contributed by atoms with van der Waals surface area (Å²) in [4.78, 5) is 1.49. The van der Waals surface area contributed by atoms with Crippen LogP contribution in [0, 0.1) is 11.3 Å². The number of halogens is 1. The fourth-order valence-electron chi connectivity index (χ4n) is 1.96. The summed E-state index contributed by atoms with van der Waals surface area (Å²) in [6.45, 7) is 0.461. The van der Waals surface area contributed by atoms with Crippen molar-refractivity contribution in [3.63, 3.8) is 0 Å². The van der Waals surface area contributed by atoms with Crippen molar-refractivity contribution in [1.29, 1.82) is 5.26 Å². The van der Waals surface area contributed by atoms with Crippen LogP contribution < -0.4 is 0 Å². The second kappa shape index (κ2) is 5.73. The molecule has 0 unspecified atom stereocenters. The fourth-order valence-corrected chi connectivity index (χ4v) is 2.15. The van der Waals surface area contributed by atoms with Crippen molar-refractivity contribution >= 4 is 11.6 Å². The molecular formula is C15H10ClN5. The molecule has 102 valence electrons. The van der Waals surface area contributed by atoms with Gasteiger partial charge in [0.15, 0.2) is 0 Å². The van der Waals surface area contributed by atoms with E-state index in [0.29, 0.717) is 23.0 Å². The SMILES string of the molecule is N#Cc1cccc(Cn2nnc(-c3cccc(Cl)c3)n2)c1. The van der Waals surface area contributed by atoms with Crippen molar-refractivity contribution in [2.45, 2.75) is 6.54 Å². The molecule has 0 aliphatic heterocycles. The number of benzene rings is 2. The first-order valence-corrected chi connectivity index (χ1v) is 6.65. The lowest BCUT2D eigenvalue weighted by molar-refractivity contribution is 0.573. The first-order valence-electron chi connectivity index (χ1n) is 6.27. The standard InChI is InChI=1S/C15H10ClN5/c16-14-6-2-5-13(8-14)15-18-20-21(19-15)10-12-4-1-3-11(7-12)9-17/h1-8H,10H2. The average Bonchev–Trinajstić information content (AvgIpc) is 2.96. The zero-order valence-electron chi connectivity index (χ0n) is 10.9. The van der Waals surface area contributed by atoms with Crippen LogP contribution >= 0.6 is 11.6 Å². The van der Waals surface area contributed by atoms with Crippen LogP contribution in [0.4, 0.5) is 0 Å². The number of rotatable bonds is 3. The molecule has 1 heterocycles. The van der Waals surface area contributed by atoms with Gasteiger partial charge in [-0.25, -0.2) is 0 Å². The molecule has 0 bridgehead atoms. The monoisotopic (exact) mass is 295 g/mol. The summed E-state index contributed by atoms with van der Waals surface area (Å²) >= 11 is 5.95. The molecular weight excluding hydrogens is 286 g/mol. The van der Waals surface area contributed by atoms with Gasteiger partial charge >= 0.3 is 0 Å². The van der Waals surface area contributed by atoms with E-state index in [1.54, 1.807) is 18.2 Å². The van der Waals surface area contributed by atoms with Crippen molar-refractivity contribution < 1.29 is 0 Å². The second-order valence-corrected chi connectivity index (χ2v) is 4.90. The Morgan fingerprint density at radius 1 is 1.14 bits per heavy atom. The Bertz CT molecular complexity index is 819. The molecule has 2 aromatic carbocycles. The number of nitrogens with zero attached hydrogens (tertiary/aromatic N) is 5. The van der Waals surface area contributed by atoms with E-state index in [4.69, 9.17) is 16.9 Å². The van der Waals surface area contributed by atoms with Crippen LogP contribution in [-0.4, -0.2) is 20.2 Å². The molecule has 3 aromatic rings. The Morgan fingerprint density at radius 2 is 2.00 bits per heavy atom. The topological polar surface area (TPSA) is 67.4 Å². The lowest BCUT2D eigenvalue weighted by Crippen LogP contribution is -2.04. The molecule has 0 radical (unpaired) electrons. The molecule has 6 heteroatoms. The number of nitriles is 1. The maximum Gasteiger partial charge on any atom is 0.204 e. The highest BCUT2D eigenvalue weighted by atomic mass is 35.5. The Labute approximate surface area is 126 Å². The fraction of sp³-hybridized carbons (Fsp3) is 0.0667. The van der Waals surface area contributed by atoms with Crippen molar-refractivity contribution in [3.05, 3.63) is 64.7 Å². The molecule has 0 aliphatic carbocycles. The molecule has 0 aliphatic rings. The zero-order valence-corrected chi connectivity index (χ0v) is 11.7. The molecule has 0 saturated heterocycles. The van der Waals surface area contributed by atoms with Gasteiger partial charge in [0.1, 0.15) is 0 Å². The molecule has 0 fully saturated rings. The smallest absolute Gasteiger partial charge is 0.192 e. The third-order valence-electron chi connectivity index (χ3n) is 2.92. The van der Waals surface area contributed by atoms with Crippen LogP contribution in [0.5, 0.6) is 0 Å². The molecule has 0 N–H and O–H groups in total. The molecule has 21 heavy (non-hydrogen) atoms.